The largest absolute Gasteiger partial charge is 0.386 e. The Kier molecular flexibility index (Phi) is 2.39. The number of rotatable bonds is 0. The first-order valence-corrected chi connectivity index (χ1v) is 6.61. The number of fused-ring (bicyclic) bond motifs is 4. The summed E-state index contributed by atoms with van der Waals surface area (Å²) in [6, 6.07) is 13.9. The van der Waals surface area contributed by atoms with Crippen LogP contribution in [0, 0.1) is 0 Å². The molecule has 3 aromatic rings. The molecule has 0 fully saturated rings. The molecule has 1 aliphatic carbocycles. The van der Waals surface area contributed by atoms with Gasteiger partial charge in [-0.05, 0) is 17.7 Å². The first-order valence-electron chi connectivity index (χ1n) is 6.61. The maximum atomic E-state index is 10.1. The van der Waals surface area contributed by atoms with Crippen molar-refractivity contribution in [2.75, 3.05) is 0 Å². The van der Waals surface area contributed by atoms with Crippen molar-refractivity contribution in [3.05, 3.63) is 59.7 Å². The van der Waals surface area contributed by atoms with Crippen LogP contribution in [0.25, 0.3) is 27.9 Å². The van der Waals surface area contributed by atoms with Crippen LogP contribution < -0.4 is 0 Å². The Hall–Kier alpha value is -2.23. The number of benzene rings is 2. The summed E-state index contributed by atoms with van der Waals surface area (Å²) in [5.74, 6) is 0. The van der Waals surface area contributed by atoms with Gasteiger partial charge in [0.05, 0.1) is 11.0 Å². The van der Waals surface area contributed by atoms with E-state index in [1.165, 1.54) is 0 Å². The molecule has 0 amide bonds. The number of hydrogen-bond donors (Lipinski definition) is 2. The van der Waals surface area contributed by atoms with Crippen molar-refractivity contribution in [2.45, 2.75) is 12.2 Å². The molecular formula is C17H13NO2. The quantitative estimate of drug-likeness (QED) is 0.613. The number of aliphatic hydroxyl groups excluding tert-OH is 2. The van der Waals surface area contributed by atoms with E-state index in [0.29, 0.717) is 0 Å². The molecule has 0 saturated heterocycles. The Morgan fingerprint density at radius 3 is 2.70 bits per heavy atom. The van der Waals surface area contributed by atoms with Gasteiger partial charge in [-0.3, -0.25) is 0 Å². The summed E-state index contributed by atoms with van der Waals surface area (Å²) in [5, 5.41) is 21.9. The molecule has 20 heavy (non-hydrogen) atoms. The number of nitrogens with zero attached hydrogens (tertiary/aromatic N) is 1. The summed E-state index contributed by atoms with van der Waals surface area (Å²) in [4.78, 5) is 4.71. The third kappa shape index (κ3) is 1.57. The summed E-state index contributed by atoms with van der Waals surface area (Å²) in [6.07, 6.45) is 1.73. The molecule has 0 spiro atoms. The van der Waals surface area contributed by atoms with Crippen LogP contribution in [-0.2, 0) is 0 Å². The lowest BCUT2D eigenvalue weighted by Gasteiger charge is -2.22. The molecule has 0 saturated carbocycles. The van der Waals surface area contributed by atoms with Crippen molar-refractivity contribution in [1.29, 1.82) is 0 Å². The molecule has 1 aliphatic rings. The Labute approximate surface area is 115 Å². The van der Waals surface area contributed by atoms with Crippen LogP contribution in [0.4, 0.5) is 0 Å². The Balaban J connectivity index is 2.10. The zero-order valence-electron chi connectivity index (χ0n) is 10.7. The predicted octanol–water partition coefficient (Wildman–Crippen LogP) is 2.81. The van der Waals surface area contributed by atoms with Gasteiger partial charge >= 0.3 is 0 Å². The predicted molar refractivity (Wildman–Crippen MR) is 79.2 cm³/mol. The normalized spacial score (nSPS) is 21.3. The van der Waals surface area contributed by atoms with Gasteiger partial charge in [-0.25, -0.2) is 4.98 Å². The van der Waals surface area contributed by atoms with Gasteiger partial charge in [-0.15, -0.1) is 0 Å². The van der Waals surface area contributed by atoms with Gasteiger partial charge in [0.25, 0.3) is 0 Å². The van der Waals surface area contributed by atoms with E-state index in [1.54, 1.807) is 6.08 Å². The number of aliphatic hydroxyl groups is 2. The average molecular weight is 263 g/mol. The van der Waals surface area contributed by atoms with Crippen molar-refractivity contribution < 1.29 is 10.2 Å². The maximum Gasteiger partial charge on any atom is 0.109 e. The van der Waals surface area contributed by atoms with E-state index < -0.39 is 12.2 Å². The van der Waals surface area contributed by atoms with Crippen molar-refractivity contribution in [3.8, 4) is 0 Å². The van der Waals surface area contributed by atoms with Crippen LogP contribution in [0.15, 0.2) is 48.5 Å². The van der Waals surface area contributed by atoms with E-state index in [-0.39, 0.29) is 0 Å². The lowest BCUT2D eigenvalue weighted by atomic mass is 9.90. The van der Waals surface area contributed by atoms with E-state index >= 15 is 0 Å². The molecule has 3 heteroatoms. The minimum Gasteiger partial charge on any atom is -0.386 e. The molecule has 2 aromatic carbocycles. The minimum atomic E-state index is -0.882. The molecular weight excluding hydrogens is 250 g/mol. The summed E-state index contributed by atoms with van der Waals surface area (Å²) in [5.41, 5.74) is 3.42. The van der Waals surface area contributed by atoms with Crippen molar-refractivity contribution >= 4 is 27.9 Å². The van der Waals surface area contributed by atoms with Gasteiger partial charge in [0.15, 0.2) is 0 Å². The van der Waals surface area contributed by atoms with E-state index in [9.17, 15) is 10.2 Å². The maximum absolute atomic E-state index is 10.1. The number of pyridine rings is 1. The van der Waals surface area contributed by atoms with E-state index in [1.807, 2.05) is 42.5 Å². The molecule has 1 heterocycles. The Bertz CT molecular complexity index is 854. The highest BCUT2D eigenvalue weighted by atomic mass is 16.3. The van der Waals surface area contributed by atoms with E-state index in [4.69, 9.17) is 4.98 Å². The van der Waals surface area contributed by atoms with Crippen LogP contribution in [0.5, 0.6) is 0 Å². The van der Waals surface area contributed by atoms with Crippen LogP contribution in [0.1, 0.15) is 17.2 Å². The van der Waals surface area contributed by atoms with Gasteiger partial charge in [0, 0.05) is 16.3 Å². The number of hydrogen-bond acceptors (Lipinski definition) is 3. The van der Waals surface area contributed by atoms with Gasteiger partial charge < -0.3 is 10.2 Å². The molecule has 1 aromatic heterocycles. The third-order valence-corrected chi connectivity index (χ3v) is 3.86. The first kappa shape index (κ1) is 11.6. The topological polar surface area (TPSA) is 53.4 Å². The Morgan fingerprint density at radius 1 is 0.950 bits per heavy atom. The molecule has 3 nitrogen and oxygen atoms in total. The Morgan fingerprint density at radius 2 is 1.80 bits per heavy atom. The molecule has 0 unspecified atom stereocenters. The second kappa shape index (κ2) is 4.13. The summed E-state index contributed by atoms with van der Waals surface area (Å²) in [6.45, 7) is 0. The zero-order valence-corrected chi connectivity index (χ0v) is 10.7. The molecule has 2 N–H and O–H groups in total. The highest BCUT2D eigenvalue weighted by molar-refractivity contribution is 5.97. The minimum absolute atomic E-state index is 0.732. The standard InChI is InChI=1S/C17H13NO2/c19-15-8-7-12-13(17(15)20)6-5-11-9-10-3-1-2-4-14(10)18-16(11)12/h1-9,15,17,19-20H/t15-,17-/m0/s1. The highest BCUT2D eigenvalue weighted by Gasteiger charge is 2.23. The first-order chi connectivity index (χ1) is 9.74. The van der Waals surface area contributed by atoms with Crippen molar-refractivity contribution in [2.24, 2.45) is 0 Å². The van der Waals surface area contributed by atoms with E-state index in [0.717, 1.165) is 32.9 Å². The lowest BCUT2D eigenvalue weighted by molar-refractivity contribution is 0.0471. The van der Waals surface area contributed by atoms with Crippen molar-refractivity contribution in [3.63, 3.8) is 0 Å². The second-order valence-corrected chi connectivity index (χ2v) is 5.12. The summed E-state index contributed by atoms with van der Waals surface area (Å²) < 4.78 is 0. The van der Waals surface area contributed by atoms with Gasteiger partial charge in [0.2, 0.25) is 0 Å². The molecule has 0 radical (unpaired) electrons. The molecule has 0 bridgehead atoms. The smallest absolute Gasteiger partial charge is 0.109 e. The number of para-hydroxylation sites is 1. The average Bonchev–Trinajstić information content (AvgIpc) is 2.48. The van der Waals surface area contributed by atoms with E-state index in [2.05, 4.69) is 6.07 Å². The monoisotopic (exact) mass is 263 g/mol. The fourth-order valence-corrected chi connectivity index (χ4v) is 2.80. The van der Waals surface area contributed by atoms with Crippen LogP contribution >= 0.6 is 0 Å². The van der Waals surface area contributed by atoms with Gasteiger partial charge in [-0.2, -0.15) is 0 Å². The van der Waals surface area contributed by atoms with Crippen LogP contribution in [0.3, 0.4) is 0 Å². The fourth-order valence-electron chi connectivity index (χ4n) is 2.80. The van der Waals surface area contributed by atoms with Gasteiger partial charge in [-0.1, -0.05) is 42.5 Å². The fraction of sp³-hybridized carbons (Fsp3) is 0.118. The third-order valence-electron chi connectivity index (χ3n) is 3.86. The van der Waals surface area contributed by atoms with Crippen molar-refractivity contribution in [1.82, 2.24) is 4.98 Å². The SMILES string of the molecule is O[C@H]1C=Cc2c(ccc3cc4ccccc4nc23)[C@@H]1O. The molecule has 0 aliphatic heterocycles. The molecule has 98 valence electrons. The highest BCUT2D eigenvalue weighted by Crippen LogP contribution is 2.33. The zero-order chi connectivity index (χ0) is 13.7. The summed E-state index contributed by atoms with van der Waals surface area (Å²) in [7, 11) is 0. The molecule has 4 rings (SSSR count). The summed E-state index contributed by atoms with van der Waals surface area (Å²) >= 11 is 0. The van der Waals surface area contributed by atoms with Gasteiger partial charge in [0.1, 0.15) is 12.2 Å². The molecule has 2 atom stereocenters. The number of aromatic nitrogens is 1. The second-order valence-electron chi connectivity index (χ2n) is 5.12. The lowest BCUT2D eigenvalue weighted by Crippen LogP contribution is -2.19. The van der Waals surface area contributed by atoms with Crippen LogP contribution in [0.2, 0.25) is 0 Å². The van der Waals surface area contributed by atoms with Crippen LogP contribution in [-0.4, -0.2) is 21.3 Å².